The normalized spacial score (nSPS) is 21.4. The molecule has 0 saturated carbocycles. The molecule has 0 fully saturated rings. The minimum Gasteiger partial charge on any atom is -0.488 e. The zero-order valence-corrected chi connectivity index (χ0v) is 12.6. The van der Waals surface area contributed by atoms with E-state index >= 15 is 0 Å². The van der Waals surface area contributed by atoms with Gasteiger partial charge in [0.1, 0.15) is 11.9 Å². The summed E-state index contributed by atoms with van der Waals surface area (Å²) in [6, 6.07) is 16.8. The first kappa shape index (κ1) is 14.2. The molecule has 1 aliphatic carbocycles. The predicted octanol–water partition coefficient (Wildman–Crippen LogP) is 4.03. The largest absolute Gasteiger partial charge is 0.488 e. The molecule has 1 aliphatic rings. The summed E-state index contributed by atoms with van der Waals surface area (Å²) in [6.07, 6.45) is 4.31. The standard InChI is InChI=1S/C19H23NO/c1-2-14-7-5-10-16(13-14)21-18-12-6-9-15-8-3-4-11-17(15)19(18)20/h3-5,7-8,10-11,13,18-19H,2,6,9,12,20H2,1H3. The third-order valence-electron chi connectivity index (χ3n) is 4.34. The van der Waals surface area contributed by atoms with E-state index in [1.54, 1.807) is 0 Å². The second kappa shape index (κ2) is 6.31. The maximum Gasteiger partial charge on any atom is 0.120 e. The minimum absolute atomic E-state index is 0.0472. The van der Waals surface area contributed by atoms with Crippen molar-refractivity contribution in [2.24, 2.45) is 5.73 Å². The van der Waals surface area contributed by atoms with Gasteiger partial charge in [-0.3, -0.25) is 0 Å². The lowest BCUT2D eigenvalue weighted by molar-refractivity contribution is 0.162. The summed E-state index contributed by atoms with van der Waals surface area (Å²) in [4.78, 5) is 0. The molecule has 0 radical (unpaired) electrons. The molecule has 0 heterocycles. The van der Waals surface area contributed by atoms with E-state index in [-0.39, 0.29) is 12.1 Å². The molecule has 2 N–H and O–H groups in total. The van der Waals surface area contributed by atoms with Crippen LogP contribution in [0.4, 0.5) is 0 Å². The van der Waals surface area contributed by atoms with E-state index < -0.39 is 0 Å². The number of nitrogens with two attached hydrogens (primary N) is 1. The molecule has 21 heavy (non-hydrogen) atoms. The van der Waals surface area contributed by atoms with Gasteiger partial charge in [0.15, 0.2) is 0 Å². The van der Waals surface area contributed by atoms with Crippen LogP contribution in [0.1, 0.15) is 42.5 Å². The quantitative estimate of drug-likeness (QED) is 0.862. The fourth-order valence-electron chi connectivity index (χ4n) is 3.11. The first-order chi connectivity index (χ1) is 10.3. The average molecular weight is 281 g/mol. The molecule has 0 bridgehead atoms. The van der Waals surface area contributed by atoms with E-state index in [1.165, 1.54) is 16.7 Å². The third kappa shape index (κ3) is 3.11. The molecule has 0 aliphatic heterocycles. The van der Waals surface area contributed by atoms with Crippen LogP contribution in [0.15, 0.2) is 48.5 Å². The van der Waals surface area contributed by atoms with E-state index in [4.69, 9.17) is 10.5 Å². The summed E-state index contributed by atoms with van der Waals surface area (Å²) >= 11 is 0. The van der Waals surface area contributed by atoms with Gasteiger partial charge in [-0.05, 0) is 54.5 Å². The Morgan fingerprint density at radius 2 is 2.00 bits per heavy atom. The number of fused-ring (bicyclic) bond motifs is 1. The fraction of sp³-hybridized carbons (Fsp3) is 0.368. The van der Waals surface area contributed by atoms with Crippen LogP contribution >= 0.6 is 0 Å². The molecule has 2 heteroatoms. The molecule has 0 aromatic heterocycles. The van der Waals surface area contributed by atoms with Crippen LogP contribution in [0.5, 0.6) is 5.75 Å². The lowest BCUT2D eigenvalue weighted by Gasteiger charge is -2.24. The molecular weight excluding hydrogens is 258 g/mol. The van der Waals surface area contributed by atoms with Gasteiger partial charge in [-0.1, -0.05) is 43.3 Å². The van der Waals surface area contributed by atoms with Gasteiger partial charge in [0.05, 0.1) is 6.04 Å². The Balaban J connectivity index is 1.82. The van der Waals surface area contributed by atoms with Crippen LogP contribution in [0.25, 0.3) is 0 Å². The Labute approximate surface area is 126 Å². The Hall–Kier alpha value is -1.80. The molecule has 2 atom stereocenters. The summed E-state index contributed by atoms with van der Waals surface area (Å²) in [5, 5.41) is 0. The highest BCUT2D eigenvalue weighted by Gasteiger charge is 2.26. The summed E-state index contributed by atoms with van der Waals surface area (Å²) in [5.74, 6) is 0.939. The second-order valence-corrected chi connectivity index (χ2v) is 5.77. The Kier molecular flexibility index (Phi) is 4.26. The van der Waals surface area contributed by atoms with E-state index in [2.05, 4.69) is 49.4 Å². The first-order valence-electron chi connectivity index (χ1n) is 7.87. The maximum atomic E-state index is 6.48. The van der Waals surface area contributed by atoms with E-state index in [0.717, 1.165) is 31.4 Å². The number of benzene rings is 2. The first-order valence-corrected chi connectivity index (χ1v) is 7.87. The molecule has 0 spiro atoms. The highest BCUT2D eigenvalue weighted by molar-refractivity contribution is 5.33. The van der Waals surface area contributed by atoms with Crippen molar-refractivity contribution in [3.8, 4) is 5.75 Å². The van der Waals surface area contributed by atoms with Crippen molar-refractivity contribution < 1.29 is 4.74 Å². The summed E-state index contributed by atoms with van der Waals surface area (Å²) in [7, 11) is 0. The lowest BCUT2D eigenvalue weighted by atomic mass is 9.98. The Bertz CT molecular complexity index is 608. The Morgan fingerprint density at radius 3 is 2.86 bits per heavy atom. The van der Waals surface area contributed by atoms with Gasteiger partial charge in [-0.2, -0.15) is 0 Å². The van der Waals surface area contributed by atoms with Gasteiger partial charge >= 0.3 is 0 Å². The zero-order valence-electron chi connectivity index (χ0n) is 12.6. The van der Waals surface area contributed by atoms with E-state index in [9.17, 15) is 0 Å². The van der Waals surface area contributed by atoms with E-state index in [1.807, 2.05) is 6.07 Å². The third-order valence-corrected chi connectivity index (χ3v) is 4.34. The van der Waals surface area contributed by atoms with Crippen molar-refractivity contribution in [2.75, 3.05) is 0 Å². The van der Waals surface area contributed by atoms with Crippen LogP contribution in [0.2, 0.25) is 0 Å². The van der Waals surface area contributed by atoms with Crippen LogP contribution < -0.4 is 10.5 Å². The minimum atomic E-state index is -0.0472. The predicted molar refractivity (Wildman–Crippen MR) is 86.5 cm³/mol. The van der Waals surface area contributed by atoms with Gasteiger partial charge < -0.3 is 10.5 Å². The molecule has 0 amide bonds. The molecule has 110 valence electrons. The molecular formula is C19H23NO. The molecule has 3 rings (SSSR count). The smallest absolute Gasteiger partial charge is 0.120 e. The number of aryl methyl sites for hydroxylation is 2. The molecule has 2 aromatic rings. The van der Waals surface area contributed by atoms with Crippen molar-refractivity contribution in [1.82, 2.24) is 0 Å². The molecule has 0 saturated heterocycles. The van der Waals surface area contributed by atoms with Crippen LogP contribution in [0.3, 0.4) is 0 Å². The van der Waals surface area contributed by atoms with Crippen molar-refractivity contribution in [3.63, 3.8) is 0 Å². The number of hydrogen-bond donors (Lipinski definition) is 1. The zero-order chi connectivity index (χ0) is 14.7. The maximum absolute atomic E-state index is 6.48. The fourth-order valence-corrected chi connectivity index (χ4v) is 3.11. The van der Waals surface area contributed by atoms with Gasteiger partial charge in [-0.25, -0.2) is 0 Å². The highest BCUT2D eigenvalue weighted by atomic mass is 16.5. The average Bonchev–Trinajstić information content (AvgIpc) is 2.68. The van der Waals surface area contributed by atoms with Crippen LogP contribution in [0, 0.1) is 0 Å². The Morgan fingerprint density at radius 1 is 1.14 bits per heavy atom. The van der Waals surface area contributed by atoms with Crippen molar-refractivity contribution in [1.29, 1.82) is 0 Å². The molecule has 2 aromatic carbocycles. The number of ether oxygens (including phenoxy) is 1. The van der Waals surface area contributed by atoms with E-state index in [0.29, 0.717) is 0 Å². The number of hydrogen-bond acceptors (Lipinski definition) is 2. The van der Waals surface area contributed by atoms with Gasteiger partial charge in [0.2, 0.25) is 0 Å². The summed E-state index contributed by atoms with van der Waals surface area (Å²) < 4.78 is 6.22. The monoisotopic (exact) mass is 281 g/mol. The van der Waals surface area contributed by atoms with Crippen molar-refractivity contribution in [2.45, 2.75) is 44.8 Å². The summed E-state index contributed by atoms with van der Waals surface area (Å²) in [6.45, 7) is 2.16. The van der Waals surface area contributed by atoms with Gasteiger partial charge in [-0.15, -0.1) is 0 Å². The van der Waals surface area contributed by atoms with Crippen LogP contribution in [-0.4, -0.2) is 6.10 Å². The summed E-state index contributed by atoms with van der Waals surface area (Å²) in [5.41, 5.74) is 10.4. The van der Waals surface area contributed by atoms with Crippen LogP contribution in [-0.2, 0) is 12.8 Å². The lowest BCUT2D eigenvalue weighted by Crippen LogP contribution is -2.30. The van der Waals surface area contributed by atoms with Gasteiger partial charge in [0, 0.05) is 0 Å². The highest BCUT2D eigenvalue weighted by Crippen LogP contribution is 2.30. The number of rotatable bonds is 3. The second-order valence-electron chi connectivity index (χ2n) is 5.77. The molecule has 2 nitrogen and oxygen atoms in total. The van der Waals surface area contributed by atoms with Crippen molar-refractivity contribution in [3.05, 3.63) is 65.2 Å². The van der Waals surface area contributed by atoms with Crippen molar-refractivity contribution >= 4 is 0 Å². The SMILES string of the molecule is CCc1cccc(OC2CCCc3ccccc3C2N)c1. The molecule has 2 unspecified atom stereocenters. The van der Waals surface area contributed by atoms with Gasteiger partial charge in [0.25, 0.3) is 0 Å². The topological polar surface area (TPSA) is 35.2 Å².